The lowest BCUT2D eigenvalue weighted by Gasteiger charge is -1.97. The van der Waals surface area contributed by atoms with Gasteiger partial charge in [-0.25, -0.2) is 4.98 Å². The number of aromatic nitrogens is 2. The average Bonchev–Trinajstić information content (AvgIpc) is 2.37. The minimum absolute atomic E-state index is 0.884. The molecule has 1 heterocycles. The molecule has 0 spiro atoms. The summed E-state index contributed by atoms with van der Waals surface area (Å²) in [6, 6.07) is 0. The van der Waals surface area contributed by atoms with Crippen LogP contribution in [0.25, 0.3) is 0 Å². The van der Waals surface area contributed by atoms with E-state index in [1.807, 2.05) is 24.1 Å². The summed E-state index contributed by atoms with van der Waals surface area (Å²) in [7, 11) is 1.98. The van der Waals surface area contributed by atoms with Crippen molar-refractivity contribution in [1.82, 2.24) is 14.9 Å². The van der Waals surface area contributed by atoms with Crippen molar-refractivity contribution in [3.05, 3.63) is 18.2 Å². The molecule has 1 rings (SSSR count). The van der Waals surface area contributed by atoms with E-state index in [4.69, 9.17) is 0 Å². The number of nitrogens with one attached hydrogen (secondary N) is 1. The standard InChI is InChI=1S/C8H15N3/c1-3-4-9-5-8-6-11(2)7-10-8/h6-7,9H,3-5H2,1-2H3. The van der Waals surface area contributed by atoms with Crippen LogP contribution in [0.1, 0.15) is 19.0 Å². The molecule has 0 aromatic carbocycles. The third-order valence-electron chi connectivity index (χ3n) is 1.49. The third-order valence-corrected chi connectivity index (χ3v) is 1.49. The van der Waals surface area contributed by atoms with Crippen LogP contribution in [0.4, 0.5) is 0 Å². The monoisotopic (exact) mass is 153 g/mol. The first-order valence-corrected chi connectivity index (χ1v) is 4.00. The highest BCUT2D eigenvalue weighted by Crippen LogP contribution is 1.92. The lowest BCUT2D eigenvalue weighted by Crippen LogP contribution is -2.13. The molecule has 0 atom stereocenters. The summed E-state index contributed by atoms with van der Waals surface area (Å²) in [6.45, 7) is 4.11. The Morgan fingerprint density at radius 2 is 2.45 bits per heavy atom. The average molecular weight is 153 g/mol. The number of hydrogen-bond donors (Lipinski definition) is 1. The van der Waals surface area contributed by atoms with E-state index >= 15 is 0 Å². The summed E-state index contributed by atoms with van der Waals surface area (Å²) < 4.78 is 1.96. The zero-order valence-corrected chi connectivity index (χ0v) is 7.17. The third kappa shape index (κ3) is 2.72. The molecule has 0 aliphatic carbocycles. The first kappa shape index (κ1) is 8.27. The number of imidazole rings is 1. The predicted octanol–water partition coefficient (Wildman–Crippen LogP) is 0.920. The zero-order valence-electron chi connectivity index (χ0n) is 7.17. The van der Waals surface area contributed by atoms with Crippen molar-refractivity contribution < 1.29 is 0 Å². The largest absolute Gasteiger partial charge is 0.340 e. The van der Waals surface area contributed by atoms with Crippen molar-refractivity contribution in [3.8, 4) is 0 Å². The molecule has 0 fully saturated rings. The van der Waals surface area contributed by atoms with Gasteiger partial charge in [-0.15, -0.1) is 0 Å². The molecule has 0 unspecified atom stereocenters. The van der Waals surface area contributed by atoms with Crippen LogP contribution in [0.5, 0.6) is 0 Å². The van der Waals surface area contributed by atoms with E-state index in [9.17, 15) is 0 Å². The van der Waals surface area contributed by atoms with Crippen LogP contribution >= 0.6 is 0 Å². The van der Waals surface area contributed by atoms with Crippen molar-refractivity contribution >= 4 is 0 Å². The van der Waals surface area contributed by atoms with Gasteiger partial charge in [-0.3, -0.25) is 0 Å². The summed E-state index contributed by atoms with van der Waals surface area (Å²) in [4.78, 5) is 4.19. The summed E-state index contributed by atoms with van der Waals surface area (Å²) in [6.07, 6.45) is 5.03. The fourth-order valence-corrected chi connectivity index (χ4v) is 0.951. The molecule has 62 valence electrons. The highest BCUT2D eigenvalue weighted by Gasteiger charge is 1.93. The molecule has 0 saturated heterocycles. The number of hydrogen-bond acceptors (Lipinski definition) is 2. The summed E-state index contributed by atoms with van der Waals surface area (Å²) in [5, 5.41) is 3.29. The molecule has 3 nitrogen and oxygen atoms in total. The Kier molecular flexibility index (Phi) is 3.11. The van der Waals surface area contributed by atoms with Crippen LogP contribution in [0, 0.1) is 0 Å². The highest BCUT2D eigenvalue weighted by atomic mass is 15.0. The van der Waals surface area contributed by atoms with Gasteiger partial charge in [0.1, 0.15) is 0 Å². The summed E-state index contributed by atoms with van der Waals surface area (Å²) in [5.41, 5.74) is 1.11. The quantitative estimate of drug-likeness (QED) is 0.652. The second-order valence-corrected chi connectivity index (χ2v) is 2.71. The summed E-state index contributed by atoms with van der Waals surface area (Å²) in [5.74, 6) is 0. The molecular formula is C8H15N3. The predicted molar refractivity (Wildman–Crippen MR) is 45.2 cm³/mol. The number of aryl methyl sites for hydroxylation is 1. The van der Waals surface area contributed by atoms with Crippen molar-refractivity contribution in [2.75, 3.05) is 6.54 Å². The van der Waals surface area contributed by atoms with Crippen LogP contribution in [0.3, 0.4) is 0 Å². The van der Waals surface area contributed by atoms with Crippen molar-refractivity contribution in [2.24, 2.45) is 7.05 Å². The minimum Gasteiger partial charge on any atom is -0.340 e. The smallest absolute Gasteiger partial charge is 0.0947 e. The highest BCUT2D eigenvalue weighted by molar-refractivity contribution is 4.95. The molecular weight excluding hydrogens is 138 g/mol. The molecule has 0 amide bonds. The van der Waals surface area contributed by atoms with E-state index in [0.29, 0.717) is 0 Å². The topological polar surface area (TPSA) is 29.9 Å². The fourth-order valence-electron chi connectivity index (χ4n) is 0.951. The van der Waals surface area contributed by atoms with Gasteiger partial charge in [-0.05, 0) is 13.0 Å². The Labute approximate surface area is 67.4 Å². The molecule has 1 aromatic rings. The maximum Gasteiger partial charge on any atom is 0.0947 e. The Balaban J connectivity index is 2.27. The van der Waals surface area contributed by atoms with E-state index in [2.05, 4.69) is 17.2 Å². The lowest BCUT2D eigenvalue weighted by atomic mass is 10.4. The Bertz CT molecular complexity index is 205. The van der Waals surface area contributed by atoms with Gasteiger partial charge in [0.2, 0.25) is 0 Å². The fraction of sp³-hybridized carbons (Fsp3) is 0.625. The van der Waals surface area contributed by atoms with Crippen molar-refractivity contribution in [1.29, 1.82) is 0 Å². The van der Waals surface area contributed by atoms with Gasteiger partial charge in [0.15, 0.2) is 0 Å². The first-order chi connectivity index (χ1) is 5.33. The van der Waals surface area contributed by atoms with Gasteiger partial charge in [0, 0.05) is 19.8 Å². The van der Waals surface area contributed by atoms with Crippen LogP contribution in [0.2, 0.25) is 0 Å². The molecule has 0 bridgehead atoms. The van der Waals surface area contributed by atoms with Gasteiger partial charge in [-0.2, -0.15) is 0 Å². The van der Waals surface area contributed by atoms with Crippen LogP contribution in [-0.4, -0.2) is 16.1 Å². The summed E-state index contributed by atoms with van der Waals surface area (Å²) >= 11 is 0. The maximum absolute atomic E-state index is 4.19. The molecule has 0 aliphatic heterocycles. The number of rotatable bonds is 4. The molecule has 3 heteroatoms. The Morgan fingerprint density at radius 3 is 3.00 bits per heavy atom. The molecule has 1 aromatic heterocycles. The van der Waals surface area contributed by atoms with Gasteiger partial charge in [0.05, 0.1) is 12.0 Å². The van der Waals surface area contributed by atoms with Crippen molar-refractivity contribution in [3.63, 3.8) is 0 Å². The van der Waals surface area contributed by atoms with E-state index < -0.39 is 0 Å². The molecule has 1 N–H and O–H groups in total. The van der Waals surface area contributed by atoms with Crippen LogP contribution in [0.15, 0.2) is 12.5 Å². The first-order valence-electron chi connectivity index (χ1n) is 4.00. The maximum atomic E-state index is 4.19. The van der Waals surface area contributed by atoms with E-state index in [0.717, 1.165) is 18.8 Å². The SMILES string of the molecule is CCCNCc1cn(C)cn1. The van der Waals surface area contributed by atoms with E-state index in [1.165, 1.54) is 6.42 Å². The molecule has 0 radical (unpaired) electrons. The van der Waals surface area contributed by atoms with E-state index in [-0.39, 0.29) is 0 Å². The Morgan fingerprint density at radius 1 is 1.64 bits per heavy atom. The number of nitrogens with zero attached hydrogens (tertiary/aromatic N) is 2. The Hall–Kier alpha value is -0.830. The van der Waals surface area contributed by atoms with Gasteiger partial charge in [-0.1, -0.05) is 6.92 Å². The van der Waals surface area contributed by atoms with Crippen LogP contribution in [-0.2, 0) is 13.6 Å². The normalized spacial score (nSPS) is 10.4. The second kappa shape index (κ2) is 4.13. The van der Waals surface area contributed by atoms with Crippen molar-refractivity contribution in [2.45, 2.75) is 19.9 Å². The van der Waals surface area contributed by atoms with Gasteiger partial charge < -0.3 is 9.88 Å². The van der Waals surface area contributed by atoms with Gasteiger partial charge >= 0.3 is 0 Å². The lowest BCUT2D eigenvalue weighted by molar-refractivity contribution is 0.666. The van der Waals surface area contributed by atoms with E-state index in [1.54, 1.807) is 0 Å². The molecule has 0 aliphatic rings. The molecule has 0 saturated carbocycles. The second-order valence-electron chi connectivity index (χ2n) is 2.71. The molecule has 11 heavy (non-hydrogen) atoms. The van der Waals surface area contributed by atoms with Gasteiger partial charge in [0.25, 0.3) is 0 Å². The van der Waals surface area contributed by atoms with Crippen LogP contribution < -0.4 is 5.32 Å². The zero-order chi connectivity index (χ0) is 8.10. The minimum atomic E-state index is 0.884.